The lowest BCUT2D eigenvalue weighted by Crippen LogP contribution is -2.48. The fraction of sp³-hybridized carbons (Fsp3) is 0.632. The lowest BCUT2D eigenvalue weighted by Gasteiger charge is -2.35. The fourth-order valence-corrected chi connectivity index (χ4v) is 6.77. The average molecular weight is 541 g/mol. The molecule has 3 N–H and O–H groups in total. The summed E-state index contributed by atoms with van der Waals surface area (Å²) in [6.45, 7) is 3.66. The van der Waals surface area contributed by atoms with Gasteiger partial charge in [0, 0.05) is 33.2 Å². The van der Waals surface area contributed by atoms with Crippen LogP contribution in [-0.2, 0) is 14.3 Å². The maximum Gasteiger partial charge on any atom is 0.230 e. The number of rotatable bonds is 9. The van der Waals surface area contributed by atoms with E-state index in [0.29, 0.717) is 40.6 Å². The normalized spacial score (nSPS) is 26.0. The molecular formula is C19H27Cl2N5O3S3. The van der Waals surface area contributed by atoms with Crippen LogP contribution in [0.1, 0.15) is 6.42 Å². The zero-order valence-corrected chi connectivity index (χ0v) is 21.6. The molecule has 3 rings (SSSR count). The summed E-state index contributed by atoms with van der Waals surface area (Å²) >= 11 is 16.5. The van der Waals surface area contributed by atoms with Crippen LogP contribution in [0.25, 0.3) is 0 Å². The third-order valence-corrected chi connectivity index (χ3v) is 9.21. The molecular weight excluding hydrogens is 513 g/mol. The number of nitrogens with zero attached hydrogens (tertiary/aromatic N) is 2. The van der Waals surface area contributed by atoms with Crippen LogP contribution in [0.15, 0.2) is 27.3 Å². The lowest BCUT2D eigenvalue weighted by molar-refractivity contribution is -0.120. The standard InChI is InChI=1S/C19H27Cl2N5O3S3/c1-22-16(27)10-30-18-24-25-19(32-18)31-11-17(28)23-7-13-9-26(4-5-29-13)8-12-2-3-14(20)15(21)6-12/h3,6,12-13,19,25H,2,4-5,7-11H2,1H3,(H,22,27)(H,23,28)/t12?,13-,19?/m0/s1. The van der Waals surface area contributed by atoms with Gasteiger partial charge in [-0.2, -0.15) is 5.10 Å². The summed E-state index contributed by atoms with van der Waals surface area (Å²) in [6.07, 6.45) is 4.84. The number of amides is 2. The van der Waals surface area contributed by atoms with Gasteiger partial charge in [-0.1, -0.05) is 58.9 Å². The molecule has 3 atom stereocenters. The Labute approximate surface area is 211 Å². The summed E-state index contributed by atoms with van der Waals surface area (Å²) in [5.41, 5.74) is 2.98. The van der Waals surface area contributed by atoms with Crippen molar-refractivity contribution in [2.45, 2.75) is 17.2 Å². The van der Waals surface area contributed by atoms with Crippen molar-refractivity contribution in [2.75, 3.05) is 51.3 Å². The van der Waals surface area contributed by atoms with E-state index in [9.17, 15) is 9.59 Å². The Balaban J connectivity index is 1.29. The molecule has 3 aliphatic rings. The smallest absolute Gasteiger partial charge is 0.230 e. The number of halogens is 2. The molecule has 0 aromatic heterocycles. The van der Waals surface area contributed by atoms with Gasteiger partial charge in [0.15, 0.2) is 4.38 Å². The van der Waals surface area contributed by atoms with Crippen LogP contribution in [0.4, 0.5) is 0 Å². The lowest BCUT2D eigenvalue weighted by atomic mass is 9.99. The fourth-order valence-electron chi connectivity index (χ4n) is 3.25. The molecule has 0 radical (unpaired) electrons. The summed E-state index contributed by atoms with van der Waals surface area (Å²) in [4.78, 5) is 25.9. The van der Waals surface area contributed by atoms with Gasteiger partial charge in [-0.25, -0.2) is 0 Å². The van der Waals surface area contributed by atoms with Crippen LogP contribution < -0.4 is 16.1 Å². The molecule has 1 aliphatic carbocycles. The van der Waals surface area contributed by atoms with Crippen molar-refractivity contribution in [3.8, 4) is 0 Å². The summed E-state index contributed by atoms with van der Waals surface area (Å²) in [6, 6.07) is 0. The summed E-state index contributed by atoms with van der Waals surface area (Å²) < 4.78 is 6.59. The molecule has 2 unspecified atom stereocenters. The molecule has 2 aliphatic heterocycles. The highest BCUT2D eigenvalue weighted by molar-refractivity contribution is 8.42. The van der Waals surface area contributed by atoms with Crippen LogP contribution in [0.5, 0.6) is 0 Å². The molecule has 8 nitrogen and oxygen atoms in total. The zero-order valence-electron chi connectivity index (χ0n) is 17.6. The summed E-state index contributed by atoms with van der Waals surface area (Å²) in [5, 5.41) is 11.0. The Morgan fingerprint density at radius 2 is 2.19 bits per heavy atom. The number of allylic oxidation sites excluding steroid dienone is 3. The minimum absolute atomic E-state index is 0.0325. The molecule has 1 saturated heterocycles. The number of nitrogens with one attached hydrogen (secondary N) is 3. The SMILES string of the molecule is CNC(=O)CSC1=NNC(SCC(=O)NC[C@H]2CN(CC3C=C(Cl)C(Cl)=CC3)CCO2)S1. The van der Waals surface area contributed by atoms with E-state index in [1.54, 1.807) is 7.05 Å². The molecule has 0 aromatic carbocycles. The van der Waals surface area contributed by atoms with Gasteiger partial charge in [-0.05, 0) is 12.3 Å². The Bertz CT molecular complexity index is 783. The molecule has 2 amide bonds. The highest BCUT2D eigenvalue weighted by Crippen LogP contribution is 2.32. The zero-order chi connectivity index (χ0) is 22.9. The minimum atomic E-state index is -0.0440. The average Bonchev–Trinajstić information content (AvgIpc) is 3.25. The van der Waals surface area contributed by atoms with Crippen molar-refractivity contribution in [3.63, 3.8) is 0 Å². The van der Waals surface area contributed by atoms with Crippen molar-refractivity contribution in [3.05, 3.63) is 22.2 Å². The number of carbonyl (C=O) groups is 2. The van der Waals surface area contributed by atoms with Gasteiger partial charge < -0.3 is 15.4 Å². The number of thioether (sulfide) groups is 3. The number of carbonyl (C=O) groups excluding carboxylic acids is 2. The first-order chi connectivity index (χ1) is 15.4. The van der Waals surface area contributed by atoms with Crippen LogP contribution in [-0.4, -0.2) is 83.2 Å². The highest BCUT2D eigenvalue weighted by Gasteiger charge is 2.25. The second-order valence-corrected chi connectivity index (χ2v) is 11.9. The Hall–Kier alpha value is -0.560. The predicted octanol–water partition coefficient (Wildman–Crippen LogP) is 2.17. The molecule has 0 aromatic rings. The van der Waals surface area contributed by atoms with E-state index >= 15 is 0 Å². The van der Waals surface area contributed by atoms with Crippen molar-refractivity contribution in [1.29, 1.82) is 0 Å². The number of ether oxygens (including phenoxy) is 1. The second-order valence-electron chi connectivity index (χ2n) is 7.35. The van der Waals surface area contributed by atoms with Gasteiger partial charge in [-0.15, -0.1) is 11.8 Å². The third kappa shape index (κ3) is 8.66. The largest absolute Gasteiger partial charge is 0.374 e. The van der Waals surface area contributed by atoms with E-state index in [-0.39, 0.29) is 22.6 Å². The van der Waals surface area contributed by atoms with Crippen LogP contribution in [0, 0.1) is 5.92 Å². The van der Waals surface area contributed by atoms with Gasteiger partial charge in [0.05, 0.1) is 34.3 Å². The van der Waals surface area contributed by atoms with Gasteiger partial charge in [0.2, 0.25) is 11.8 Å². The van der Waals surface area contributed by atoms with E-state index in [4.69, 9.17) is 27.9 Å². The number of hydrogen-bond donors (Lipinski definition) is 3. The quantitative estimate of drug-likeness (QED) is 0.410. The third-order valence-electron chi connectivity index (χ3n) is 4.89. The van der Waals surface area contributed by atoms with Crippen LogP contribution in [0.3, 0.4) is 0 Å². The molecule has 0 saturated carbocycles. The summed E-state index contributed by atoms with van der Waals surface area (Å²) in [7, 11) is 1.61. The molecule has 178 valence electrons. The van der Waals surface area contributed by atoms with Crippen LogP contribution in [0.2, 0.25) is 0 Å². The molecule has 0 bridgehead atoms. The first-order valence-electron chi connectivity index (χ1n) is 10.2. The van der Waals surface area contributed by atoms with E-state index in [2.05, 4.69) is 26.1 Å². The molecule has 13 heteroatoms. The molecule has 0 spiro atoms. The van der Waals surface area contributed by atoms with Crippen molar-refractivity contribution < 1.29 is 14.3 Å². The first-order valence-corrected chi connectivity index (χ1v) is 13.9. The Kier molecular flexibility index (Phi) is 10.9. The van der Waals surface area contributed by atoms with Crippen LogP contribution >= 0.6 is 58.5 Å². The number of morpholine rings is 1. The first kappa shape index (κ1) is 26.1. The molecule has 1 fully saturated rings. The van der Waals surface area contributed by atoms with Gasteiger partial charge in [0.25, 0.3) is 0 Å². The van der Waals surface area contributed by atoms with E-state index in [1.165, 1.54) is 35.3 Å². The highest BCUT2D eigenvalue weighted by atomic mass is 35.5. The van der Waals surface area contributed by atoms with Crippen molar-refractivity contribution >= 4 is 74.7 Å². The van der Waals surface area contributed by atoms with Gasteiger partial charge >= 0.3 is 0 Å². The minimum Gasteiger partial charge on any atom is -0.374 e. The second kappa shape index (κ2) is 13.4. The van der Waals surface area contributed by atoms with Crippen molar-refractivity contribution in [2.24, 2.45) is 11.0 Å². The van der Waals surface area contributed by atoms with E-state index < -0.39 is 0 Å². The Morgan fingerprint density at radius 3 is 2.97 bits per heavy atom. The Morgan fingerprint density at radius 1 is 1.34 bits per heavy atom. The topological polar surface area (TPSA) is 95.1 Å². The van der Waals surface area contributed by atoms with E-state index in [0.717, 1.165) is 30.4 Å². The summed E-state index contributed by atoms with van der Waals surface area (Å²) in [5.74, 6) is 0.911. The molecule has 32 heavy (non-hydrogen) atoms. The predicted molar refractivity (Wildman–Crippen MR) is 136 cm³/mol. The monoisotopic (exact) mass is 539 g/mol. The number of hydrogen-bond acceptors (Lipinski definition) is 9. The number of hydrazone groups is 1. The van der Waals surface area contributed by atoms with Gasteiger partial charge in [0.1, 0.15) is 4.71 Å². The maximum atomic E-state index is 12.3. The molecule has 2 heterocycles. The van der Waals surface area contributed by atoms with E-state index in [1.807, 2.05) is 12.2 Å². The maximum absolute atomic E-state index is 12.3. The van der Waals surface area contributed by atoms with Crippen molar-refractivity contribution in [1.82, 2.24) is 21.0 Å². The van der Waals surface area contributed by atoms with Gasteiger partial charge in [-0.3, -0.25) is 19.9 Å².